The third-order valence-corrected chi connectivity index (χ3v) is 1.78. The molecule has 0 unspecified atom stereocenters. The maximum atomic E-state index is 11.4. The highest BCUT2D eigenvalue weighted by Gasteiger charge is 2.24. The lowest BCUT2D eigenvalue weighted by molar-refractivity contribution is -0.157. The second-order valence-electron chi connectivity index (χ2n) is 3.49. The van der Waals surface area contributed by atoms with Crippen molar-refractivity contribution in [1.29, 1.82) is 0 Å². The molecular weight excluding hydrogens is 256 g/mol. The van der Waals surface area contributed by atoms with Crippen LogP contribution in [-0.2, 0) is 28.6 Å². The highest BCUT2D eigenvalue weighted by molar-refractivity contribution is 5.85. The summed E-state index contributed by atoms with van der Waals surface area (Å²) in [7, 11) is 0. The number of nitrogens with one attached hydrogen (secondary N) is 1. The number of rotatable bonds is 8. The Morgan fingerprint density at radius 1 is 1.32 bits per heavy atom. The highest BCUT2D eigenvalue weighted by atomic mass is 16.6. The number of carbonyl (C=O) groups excluding carboxylic acids is 3. The van der Waals surface area contributed by atoms with Gasteiger partial charge in [0.25, 0.3) is 5.91 Å². The lowest BCUT2D eigenvalue weighted by Crippen LogP contribution is -2.42. The zero-order chi connectivity index (χ0) is 14.8. The average molecular weight is 274 g/mol. The van der Waals surface area contributed by atoms with E-state index in [9.17, 15) is 14.4 Å². The predicted molar refractivity (Wildman–Crippen MR) is 64.2 cm³/mol. The molecule has 0 saturated carbocycles. The van der Waals surface area contributed by atoms with Gasteiger partial charge in [-0.15, -0.1) is 0 Å². The van der Waals surface area contributed by atoms with E-state index in [1.807, 2.05) is 5.43 Å². The van der Waals surface area contributed by atoms with Gasteiger partial charge in [0.2, 0.25) is 0 Å². The molecule has 1 amide bonds. The first-order valence-corrected chi connectivity index (χ1v) is 5.54. The molecule has 0 aromatic heterocycles. The zero-order valence-corrected chi connectivity index (χ0v) is 10.9. The highest BCUT2D eigenvalue weighted by Crippen LogP contribution is 2.04. The Morgan fingerprint density at radius 2 is 1.95 bits per heavy atom. The number of hydrogen-bond acceptors (Lipinski definition) is 7. The minimum absolute atomic E-state index is 0.183. The van der Waals surface area contributed by atoms with Gasteiger partial charge in [0.1, 0.15) is 12.7 Å². The van der Waals surface area contributed by atoms with E-state index in [0.29, 0.717) is 0 Å². The topological polar surface area (TPSA) is 117 Å². The van der Waals surface area contributed by atoms with Gasteiger partial charge in [0.15, 0.2) is 0 Å². The molecule has 0 aliphatic rings. The Labute approximate surface area is 110 Å². The number of ether oxygens (including phenoxy) is 3. The normalized spacial score (nSPS) is 11.3. The number of carbonyl (C=O) groups is 3. The summed E-state index contributed by atoms with van der Waals surface area (Å²) < 4.78 is 14.3. The number of amides is 1. The number of nitrogens with two attached hydrogens (primary N) is 1. The third kappa shape index (κ3) is 7.90. The third-order valence-electron chi connectivity index (χ3n) is 1.78. The van der Waals surface area contributed by atoms with Crippen LogP contribution in [-0.4, -0.2) is 37.2 Å². The first-order chi connectivity index (χ1) is 8.90. The van der Waals surface area contributed by atoms with Crippen LogP contribution in [0.2, 0.25) is 0 Å². The summed E-state index contributed by atoms with van der Waals surface area (Å²) in [5, 5.41) is 0. The van der Waals surface area contributed by atoms with Crippen molar-refractivity contribution >= 4 is 17.8 Å². The molecule has 0 bridgehead atoms. The number of hydrogen-bond donors (Lipinski definition) is 2. The van der Waals surface area contributed by atoms with E-state index in [-0.39, 0.29) is 12.4 Å². The lowest BCUT2D eigenvalue weighted by Gasteiger charge is -2.15. The molecule has 0 spiro atoms. The average Bonchev–Trinajstić information content (AvgIpc) is 2.32. The summed E-state index contributed by atoms with van der Waals surface area (Å²) in [4.78, 5) is 33.8. The summed E-state index contributed by atoms with van der Waals surface area (Å²) in [6.07, 6.45) is -1.63. The lowest BCUT2D eigenvalue weighted by atomic mass is 10.2. The van der Waals surface area contributed by atoms with Gasteiger partial charge in [-0.05, 0) is 13.8 Å². The zero-order valence-electron chi connectivity index (χ0n) is 10.9. The molecule has 1 atom stereocenters. The van der Waals surface area contributed by atoms with E-state index < -0.39 is 37.0 Å². The Hall–Kier alpha value is -1.93. The molecule has 0 aliphatic carbocycles. The summed E-state index contributed by atoms with van der Waals surface area (Å²) in [5.41, 5.74) is 1.83. The van der Waals surface area contributed by atoms with E-state index in [1.165, 1.54) is 6.92 Å². The van der Waals surface area contributed by atoms with Gasteiger partial charge < -0.3 is 14.2 Å². The number of esters is 2. The molecule has 108 valence electrons. The van der Waals surface area contributed by atoms with Gasteiger partial charge in [0.05, 0.1) is 18.8 Å². The van der Waals surface area contributed by atoms with Crippen molar-refractivity contribution in [1.82, 2.24) is 5.43 Å². The first kappa shape index (κ1) is 17.1. The molecular formula is C11H18N2O6. The van der Waals surface area contributed by atoms with Crippen LogP contribution in [0.3, 0.4) is 0 Å². The van der Waals surface area contributed by atoms with Crippen molar-refractivity contribution in [3.63, 3.8) is 0 Å². The molecule has 0 aromatic rings. The summed E-state index contributed by atoms with van der Waals surface area (Å²) >= 11 is 0. The molecule has 0 fully saturated rings. The minimum atomic E-state index is -1.23. The number of allylic oxidation sites excluding steroid dienone is 1. The standard InChI is InChI=1S/C11H18N2O6/c1-4-17-10(15)6-18-8(11(16)13-12)5-9(14)19-7(2)3/h8H,2,4-6,12H2,1,3H3,(H,13,16)/t8-/m0/s1. The van der Waals surface area contributed by atoms with E-state index in [1.54, 1.807) is 6.92 Å². The second-order valence-corrected chi connectivity index (χ2v) is 3.49. The molecule has 8 nitrogen and oxygen atoms in total. The Bertz CT molecular complexity index is 355. The van der Waals surface area contributed by atoms with E-state index in [4.69, 9.17) is 10.6 Å². The van der Waals surface area contributed by atoms with E-state index >= 15 is 0 Å². The van der Waals surface area contributed by atoms with Crippen LogP contribution < -0.4 is 11.3 Å². The van der Waals surface area contributed by atoms with Crippen LogP contribution in [0.5, 0.6) is 0 Å². The van der Waals surface area contributed by atoms with Crippen LogP contribution in [0.15, 0.2) is 12.3 Å². The Balaban J connectivity index is 4.39. The van der Waals surface area contributed by atoms with Crippen LogP contribution in [0.4, 0.5) is 0 Å². The summed E-state index contributed by atoms with van der Waals surface area (Å²) in [6, 6.07) is 0. The fourth-order valence-corrected chi connectivity index (χ4v) is 1.08. The molecule has 0 heterocycles. The largest absolute Gasteiger partial charge is 0.464 e. The SMILES string of the molecule is C=C(C)OC(=O)C[C@H](OCC(=O)OCC)C(=O)NN. The smallest absolute Gasteiger partial charge is 0.332 e. The molecule has 0 radical (unpaired) electrons. The van der Waals surface area contributed by atoms with Crippen LogP contribution >= 0.6 is 0 Å². The minimum Gasteiger partial charge on any atom is -0.464 e. The van der Waals surface area contributed by atoms with Crippen molar-refractivity contribution in [2.75, 3.05) is 13.2 Å². The molecule has 19 heavy (non-hydrogen) atoms. The van der Waals surface area contributed by atoms with E-state index in [2.05, 4.69) is 16.1 Å². The number of hydrazine groups is 1. The molecule has 0 saturated heterocycles. The fraction of sp³-hybridized carbons (Fsp3) is 0.545. The molecule has 3 N–H and O–H groups in total. The van der Waals surface area contributed by atoms with Crippen molar-refractivity contribution in [3.05, 3.63) is 12.3 Å². The second kappa shape index (κ2) is 9.06. The van der Waals surface area contributed by atoms with Crippen molar-refractivity contribution in [2.24, 2.45) is 5.84 Å². The maximum absolute atomic E-state index is 11.4. The first-order valence-electron chi connectivity index (χ1n) is 5.54. The van der Waals surface area contributed by atoms with Gasteiger partial charge in [-0.2, -0.15) is 0 Å². The summed E-state index contributed by atoms with van der Waals surface area (Å²) in [6.45, 7) is 6.22. The quantitative estimate of drug-likeness (QED) is 0.199. The predicted octanol–water partition coefficient (Wildman–Crippen LogP) is -0.608. The Morgan fingerprint density at radius 3 is 2.42 bits per heavy atom. The maximum Gasteiger partial charge on any atom is 0.332 e. The van der Waals surface area contributed by atoms with Crippen LogP contribution in [0.25, 0.3) is 0 Å². The van der Waals surface area contributed by atoms with Gasteiger partial charge in [0, 0.05) is 0 Å². The van der Waals surface area contributed by atoms with Crippen molar-refractivity contribution in [3.8, 4) is 0 Å². The summed E-state index contributed by atoms with van der Waals surface area (Å²) in [5.74, 6) is 3.02. The van der Waals surface area contributed by atoms with Gasteiger partial charge in [-0.1, -0.05) is 6.58 Å². The molecule has 8 heteroatoms. The van der Waals surface area contributed by atoms with E-state index in [0.717, 1.165) is 0 Å². The Kier molecular flexibility index (Phi) is 8.14. The fourth-order valence-electron chi connectivity index (χ4n) is 1.08. The van der Waals surface area contributed by atoms with Crippen molar-refractivity contribution < 1.29 is 28.6 Å². The van der Waals surface area contributed by atoms with Crippen LogP contribution in [0.1, 0.15) is 20.3 Å². The monoisotopic (exact) mass is 274 g/mol. The molecule has 0 aromatic carbocycles. The van der Waals surface area contributed by atoms with Gasteiger partial charge in [-0.25, -0.2) is 10.6 Å². The van der Waals surface area contributed by atoms with Gasteiger partial charge in [-0.3, -0.25) is 15.0 Å². The molecule has 0 rings (SSSR count). The van der Waals surface area contributed by atoms with Crippen LogP contribution in [0, 0.1) is 0 Å². The van der Waals surface area contributed by atoms with Crippen molar-refractivity contribution in [2.45, 2.75) is 26.4 Å². The molecule has 0 aliphatic heterocycles. The van der Waals surface area contributed by atoms with Gasteiger partial charge >= 0.3 is 11.9 Å².